The van der Waals surface area contributed by atoms with Crippen molar-refractivity contribution >= 4 is 19.2 Å². The molecule has 0 radical (unpaired) electrons. The lowest BCUT2D eigenvalue weighted by molar-refractivity contribution is 0.476. The molecule has 16 heavy (non-hydrogen) atoms. The van der Waals surface area contributed by atoms with Gasteiger partial charge in [-0.05, 0) is 25.1 Å². The molecule has 1 aromatic heterocycles. The molecule has 0 N–H and O–H groups in total. The van der Waals surface area contributed by atoms with Crippen molar-refractivity contribution < 1.29 is 0 Å². The van der Waals surface area contributed by atoms with Crippen LogP contribution in [0.15, 0.2) is 0 Å². The third kappa shape index (κ3) is 2.85. The van der Waals surface area contributed by atoms with E-state index in [4.69, 9.17) is 0 Å². The Labute approximate surface area is 103 Å². The van der Waals surface area contributed by atoms with Gasteiger partial charge < -0.3 is 0 Å². The van der Waals surface area contributed by atoms with E-state index in [1.54, 1.807) is 11.3 Å². The molecule has 4 heteroatoms. The van der Waals surface area contributed by atoms with E-state index in [1.165, 1.54) is 56.4 Å². The summed E-state index contributed by atoms with van der Waals surface area (Å²) in [4.78, 5) is 0. The van der Waals surface area contributed by atoms with E-state index >= 15 is 0 Å². The van der Waals surface area contributed by atoms with Gasteiger partial charge in [-0.25, -0.2) is 0 Å². The zero-order valence-corrected chi connectivity index (χ0v) is 11.3. The summed E-state index contributed by atoms with van der Waals surface area (Å²) in [5.41, 5.74) is 0. The monoisotopic (exact) mass is 236 g/mol. The van der Waals surface area contributed by atoms with E-state index in [9.17, 15) is 0 Å². The van der Waals surface area contributed by atoms with E-state index in [1.807, 2.05) is 0 Å². The molecule has 0 unspecified atom stereocenters. The maximum atomic E-state index is 4.38. The van der Waals surface area contributed by atoms with Gasteiger partial charge in [0.15, 0.2) is 0 Å². The minimum Gasteiger partial charge on any atom is -0.144 e. The standard InChI is InChI=1S/C12H21BN2S/c1-10-14-15-11(16-10)12(13)8-6-4-2-3-5-7-9-12/h2-9,13H2,1H3. The highest BCUT2D eigenvalue weighted by Crippen LogP contribution is 2.35. The molecule has 2 rings (SSSR count). The van der Waals surface area contributed by atoms with Crippen molar-refractivity contribution in [2.75, 3.05) is 0 Å². The first kappa shape index (κ1) is 12.1. The second-order valence-electron chi connectivity index (χ2n) is 5.31. The Bertz CT molecular complexity index is 328. The zero-order chi connectivity index (χ0) is 11.4. The fraction of sp³-hybridized carbons (Fsp3) is 0.833. The molecule has 1 aromatic rings. The van der Waals surface area contributed by atoms with Gasteiger partial charge >= 0.3 is 0 Å². The van der Waals surface area contributed by atoms with Gasteiger partial charge in [0.05, 0.1) is 0 Å². The lowest BCUT2D eigenvalue weighted by Crippen LogP contribution is -2.26. The maximum absolute atomic E-state index is 4.38. The number of hydrogen-bond acceptors (Lipinski definition) is 3. The minimum absolute atomic E-state index is 0.302. The van der Waals surface area contributed by atoms with Gasteiger partial charge in [-0.3, -0.25) is 0 Å². The summed E-state index contributed by atoms with van der Waals surface area (Å²) < 4.78 is 0. The van der Waals surface area contributed by atoms with Crippen LogP contribution in [0.25, 0.3) is 0 Å². The Balaban J connectivity index is 2.12. The third-order valence-electron chi connectivity index (χ3n) is 3.75. The second-order valence-corrected chi connectivity index (χ2v) is 6.49. The Kier molecular flexibility index (Phi) is 4.01. The number of hydrogen-bond donors (Lipinski definition) is 0. The average Bonchev–Trinajstić information content (AvgIpc) is 2.71. The van der Waals surface area contributed by atoms with E-state index in [2.05, 4.69) is 25.0 Å². The van der Waals surface area contributed by atoms with Gasteiger partial charge in [0, 0.05) is 0 Å². The Hall–Kier alpha value is -0.375. The van der Waals surface area contributed by atoms with E-state index in [-0.39, 0.29) is 0 Å². The second kappa shape index (κ2) is 5.30. The van der Waals surface area contributed by atoms with Crippen molar-refractivity contribution in [3.05, 3.63) is 10.0 Å². The van der Waals surface area contributed by atoms with Gasteiger partial charge in [0.2, 0.25) is 0 Å². The van der Waals surface area contributed by atoms with Crippen LogP contribution in [0.4, 0.5) is 0 Å². The largest absolute Gasteiger partial charge is 0.144 e. The summed E-state index contributed by atoms with van der Waals surface area (Å²) in [5.74, 6) is 0. The highest BCUT2D eigenvalue weighted by atomic mass is 32.1. The van der Waals surface area contributed by atoms with Crippen LogP contribution in [0.1, 0.15) is 61.4 Å². The van der Waals surface area contributed by atoms with Crippen LogP contribution >= 0.6 is 11.3 Å². The van der Waals surface area contributed by atoms with Gasteiger partial charge in [-0.1, -0.05) is 38.5 Å². The van der Waals surface area contributed by atoms with Crippen molar-refractivity contribution in [1.82, 2.24) is 10.2 Å². The average molecular weight is 236 g/mol. The Morgan fingerprint density at radius 1 is 1.00 bits per heavy atom. The Morgan fingerprint density at radius 2 is 1.56 bits per heavy atom. The molecule has 88 valence electrons. The number of aryl methyl sites for hydroxylation is 1. The molecule has 0 amide bonds. The first-order chi connectivity index (χ1) is 7.71. The molecule has 0 spiro atoms. The lowest BCUT2D eigenvalue weighted by atomic mass is 9.63. The minimum atomic E-state index is 0.302. The van der Waals surface area contributed by atoms with Crippen LogP contribution in [0, 0.1) is 6.92 Å². The van der Waals surface area contributed by atoms with Crippen molar-refractivity contribution in [3.63, 3.8) is 0 Å². The fourth-order valence-electron chi connectivity index (χ4n) is 2.62. The molecule has 0 bridgehead atoms. The molecule has 0 aromatic carbocycles. The maximum Gasteiger partial charge on any atom is 0.118 e. The van der Waals surface area contributed by atoms with Gasteiger partial charge in [-0.15, -0.1) is 21.5 Å². The number of aromatic nitrogens is 2. The topological polar surface area (TPSA) is 25.8 Å². The van der Waals surface area contributed by atoms with Crippen molar-refractivity contribution in [2.45, 2.75) is 63.6 Å². The SMILES string of the molecule is BC1(c2nnc(C)s2)CCCCCCCC1. The molecule has 1 fully saturated rings. The van der Waals surface area contributed by atoms with Crippen LogP contribution in [0.2, 0.25) is 0 Å². The summed E-state index contributed by atoms with van der Waals surface area (Å²) in [6.45, 7) is 2.06. The van der Waals surface area contributed by atoms with Gasteiger partial charge in [0.1, 0.15) is 17.9 Å². The van der Waals surface area contributed by atoms with Crippen LogP contribution in [-0.2, 0) is 5.31 Å². The normalized spacial score (nSPS) is 22.1. The Morgan fingerprint density at radius 3 is 2.06 bits per heavy atom. The molecule has 0 aliphatic heterocycles. The molecule has 1 saturated carbocycles. The van der Waals surface area contributed by atoms with Gasteiger partial charge in [0.25, 0.3) is 0 Å². The number of nitrogens with zero attached hydrogens (tertiary/aromatic N) is 2. The van der Waals surface area contributed by atoms with Crippen LogP contribution < -0.4 is 0 Å². The highest BCUT2D eigenvalue weighted by Gasteiger charge is 2.29. The molecular weight excluding hydrogens is 215 g/mol. The predicted octanol–water partition coefficient (Wildman–Crippen LogP) is 2.81. The number of rotatable bonds is 1. The van der Waals surface area contributed by atoms with E-state index in [0.29, 0.717) is 5.31 Å². The van der Waals surface area contributed by atoms with Crippen molar-refractivity contribution in [2.24, 2.45) is 0 Å². The van der Waals surface area contributed by atoms with Crippen molar-refractivity contribution in [1.29, 1.82) is 0 Å². The molecular formula is C12H21BN2S. The lowest BCUT2D eigenvalue weighted by Gasteiger charge is -2.26. The van der Waals surface area contributed by atoms with Crippen LogP contribution in [-0.4, -0.2) is 18.0 Å². The van der Waals surface area contributed by atoms with Crippen LogP contribution in [0.5, 0.6) is 0 Å². The summed E-state index contributed by atoms with van der Waals surface area (Å²) in [6, 6.07) is 0. The summed E-state index contributed by atoms with van der Waals surface area (Å²) in [6.07, 6.45) is 10.9. The zero-order valence-electron chi connectivity index (χ0n) is 10.5. The highest BCUT2D eigenvalue weighted by molar-refractivity contribution is 7.11. The molecule has 1 aliphatic carbocycles. The van der Waals surface area contributed by atoms with Crippen molar-refractivity contribution in [3.8, 4) is 0 Å². The van der Waals surface area contributed by atoms with E-state index < -0.39 is 0 Å². The summed E-state index contributed by atoms with van der Waals surface area (Å²) in [7, 11) is 2.39. The fourth-order valence-corrected chi connectivity index (χ4v) is 3.51. The molecule has 0 saturated heterocycles. The van der Waals surface area contributed by atoms with Crippen LogP contribution in [0.3, 0.4) is 0 Å². The first-order valence-corrected chi connectivity index (χ1v) is 7.33. The first-order valence-electron chi connectivity index (χ1n) is 6.51. The third-order valence-corrected chi connectivity index (χ3v) is 4.89. The van der Waals surface area contributed by atoms with Gasteiger partial charge in [-0.2, -0.15) is 0 Å². The summed E-state index contributed by atoms with van der Waals surface area (Å²) in [5, 5.41) is 11.2. The molecule has 1 aliphatic rings. The predicted molar refractivity (Wildman–Crippen MR) is 71.8 cm³/mol. The molecule has 1 heterocycles. The molecule has 0 atom stereocenters. The van der Waals surface area contributed by atoms with E-state index in [0.717, 1.165) is 5.01 Å². The molecule has 2 nitrogen and oxygen atoms in total. The smallest absolute Gasteiger partial charge is 0.118 e. The summed E-state index contributed by atoms with van der Waals surface area (Å²) >= 11 is 1.79. The quantitative estimate of drug-likeness (QED) is 0.701.